The minimum atomic E-state index is 0.472. The molecule has 0 aliphatic carbocycles. The van der Waals surface area contributed by atoms with Crippen LogP contribution in [0.1, 0.15) is 20.3 Å². The number of benzene rings is 1. The number of hydrogen-bond donors (Lipinski definition) is 1. The molecule has 0 saturated heterocycles. The highest BCUT2D eigenvalue weighted by atomic mass is 32.2. The van der Waals surface area contributed by atoms with Crippen LogP contribution < -0.4 is 5.32 Å². The molecule has 1 unspecified atom stereocenters. The Hall–Kier alpha value is -0.610. The van der Waals surface area contributed by atoms with E-state index in [4.69, 9.17) is 4.99 Å². The van der Waals surface area contributed by atoms with Crippen LogP contribution in [0.4, 0.5) is 5.69 Å². The summed E-state index contributed by atoms with van der Waals surface area (Å²) < 4.78 is 0. The predicted octanol–water partition coefficient (Wildman–Crippen LogP) is 4.34. The van der Waals surface area contributed by atoms with Crippen LogP contribution in [-0.4, -0.2) is 23.2 Å². The van der Waals surface area contributed by atoms with Gasteiger partial charge < -0.3 is 5.32 Å². The Balaban J connectivity index is 2.03. The van der Waals surface area contributed by atoms with Gasteiger partial charge in [-0.15, -0.1) is 11.8 Å². The van der Waals surface area contributed by atoms with E-state index in [0.29, 0.717) is 12.0 Å². The summed E-state index contributed by atoms with van der Waals surface area (Å²) in [7, 11) is 0. The molecule has 18 heavy (non-hydrogen) atoms. The number of rotatable bonds is 3. The Morgan fingerprint density at radius 1 is 1.33 bits per heavy atom. The Labute approximate surface area is 118 Å². The molecule has 0 radical (unpaired) electrons. The minimum absolute atomic E-state index is 0.472. The van der Waals surface area contributed by atoms with Crippen molar-refractivity contribution in [3.05, 3.63) is 24.3 Å². The fourth-order valence-electron chi connectivity index (χ4n) is 1.88. The lowest BCUT2D eigenvalue weighted by atomic mass is 10.0. The van der Waals surface area contributed by atoms with E-state index in [-0.39, 0.29) is 0 Å². The van der Waals surface area contributed by atoms with E-state index in [1.165, 1.54) is 11.3 Å². The number of anilines is 1. The predicted molar refractivity (Wildman–Crippen MR) is 85.0 cm³/mol. The van der Waals surface area contributed by atoms with Crippen LogP contribution in [0.25, 0.3) is 0 Å². The van der Waals surface area contributed by atoms with Crippen LogP contribution in [-0.2, 0) is 0 Å². The van der Waals surface area contributed by atoms with Crippen molar-refractivity contribution in [3.8, 4) is 0 Å². The molecule has 0 fully saturated rings. The second-order valence-electron chi connectivity index (χ2n) is 4.74. The molecule has 2 rings (SSSR count). The Morgan fingerprint density at radius 3 is 2.67 bits per heavy atom. The van der Waals surface area contributed by atoms with Gasteiger partial charge in [-0.05, 0) is 42.9 Å². The first-order chi connectivity index (χ1) is 8.69. The molecule has 1 aliphatic heterocycles. The highest BCUT2D eigenvalue weighted by Gasteiger charge is 2.18. The standard InChI is InChI=1S/C14H20N2S2/c1-10(2)13-8-9-18-14(16-13)15-11-4-6-12(17-3)7-5-11/h4-7,10,13H,8-9H2,1-3H3,(H,15,16). The largest absolute Gasteiger partial charge is 0.335 e. The van der Waals surface area contributed by atoms with Crippen LogP contribution in [0, 0.1) is 5.92 Å². The average Bonchev–Trinajstić information content (AvgIpc) is 2.40. The molecule has 2 nitrogen and oxygen atoms in total. The molecular weight excluding hydrogens is 260 g/mol. The summed E-state index contributed by atoms with van der Waals surface area (Å²) in [6.07, 6.45) is 3.29. The van der Waals surface area contributed by atoms with E-state index in [2.05, 4.69) is 49.7 Å². The molecule has 0 aromatic heterocycles. The molecule has 0 bridgehead atoms. The third-order valence-electron chi connectivity index (χ3n) is 3.05. The summed E-state index contributed by atoms with van der Waals surface area (Å²) in [4.78, 5) is 6.07. The molecule has 1 atom stereocenters. The molecular formula is C14H20N2S2. The third-order valence-corrected chi connectivity index (χ3v) is 4.71. The summed E-state index contributed by atoms with van der Waals surface area (Å²) in [6.45, 7) is 4.49. The van der Waals surface area contributed by atoms with Crippen LogP contribution >= 0.6 is 23.5 Å². The van der Waals surface area contributed by atoms with Gasteiger partial charge in [-0.3, -0.25) is 4.99 Å². The maximum atomic E-state index is 4.78. The first-order valence-electron chi connectivity index (χ1n) is 6.30. The van der Waals surface area contributed by atoms with Crippen LogP contribution in [0.3, 0.4) is 0 Å². The van der Waals surface area contributed by atoms with Crippen molar-refractivity contribution in [2.75, 3.05) is 17.3 Å². The number of aliphatic imine (C=N–C) groups is 1. The van der Waals surface area contributed by atoms with Gasteiger partial charge in [0.2, 0.25) is 0 Å². The Kier molecular flexibility index (Phi) is 5.01. The van der Waals surface area contributed by atoms with Gasteiger partial charge in [-0.2, -0.15) is 0 Å². The Bertz CT molecular complexity index is 412. The molecule has 1 N–H and O–H groups in total. The third kappa shape index (κ3) is 3.69. The van der Waals surface area contributed by atoms with E-state index < -0.39 is 0 Å². The van der Waals surface area contributed by atoms with Crippen molar-refractivity contribution in [2.45, 2.75) is 31.2 Å². The monoisotopic (exact) mass is 280 g/mol. The lowest BCUT2D eigenvalue weighted by molar-refractivity contribution is 0.485. The zero-order valence-electron chi connectivity index (χ0n) is 11.1. The molecule has 4 heteroatoms. The smallest absolute Gasteiger partial charge is 0.161 e. The van der Waals surface area contributed by atoms with E-state index in [9.17, 15) is 0 Å². The van der Waals surface area contributed by atoms with Crippen molar-refractivity contribution in [1.29, 1.82) is 0 Å². The minimum Gasteiger partial charge on any atom is -0.335 e. The first-order valence-corrected chi connectivity index (χ1v) is 8.51. The van der Waals surface area contributed by atoms with Gasteiger partial charge in [0, 0.05) is 16.3 Å². The van der Waals surface area contributed by atoms with Gasteiger partial charge >= 0.3 is 0 Å². The normalized spacial score (nSPS) is 19.8. The zero-order valence-corrected chi connectivity index (χ0v) is 12.8. The topological polar surface area (TPSA) is 24.4 Å². The molecule has 0 saturated carbocycles. The van der Waals surface area contributed by atoms with Crippen LogP contribution in [0.2, 0.25) is 0 Å². The average molecular weight is 280 g/mol. The van der Waals surface area contributed by atoms with Crippen molar-refractivity contribution in [1.82, 2.24) is 0 Å². The summed E-state index contributed by atoms with van der Waals surface area (Å²) in [5.74, 6) is 1.79. The van der Waals surface area contributed by atoms with E-state index >= 15 is 0 Å². The fourth-order valence-corrected chi connectivity index (χ4v) is 3.24. The molecule has 98 valence electrons. The van der Waals surface area contributed by atoms with Crippen molar-refractivity contribution >= 4 is 34.4 Å². The van der Waals surface area contributed by atoms with Gasteiger partial charge in [0.1, 0.15) is 0 Å². The molecule has 1 aromatic carbocycles. The highest BCUT2D eigenvalue weighted by Crippen LogP contribution is 2.24. The van der Waals surface area contributed by atoms with Gasteiger partial charge in [0.05, 0.1) is 6.04 Å². The maximum absolute atomic E-state index is 4.78. The SMILES string of the molecule is CSc1ccc(NC2=NC(C(C)C)CCS2)cc1. The number of hydrogen-bond acceptors (Lipinski definition) is 4. The number of nitrogens with one attached hydrogen (secondary N) is 1. The molecule has 1 aromatic rings. The summed E-state index contributed by atoms with van der Waals surface area (Å²) in [5, 5.41) is 4.49. The molecule has 1 aliphatic rings. The second kappa shape index (κ2) is 6.53. The molecule has 0 amide bonds. The number of nitrogens with zero attached hydrogens (tertiary/aromatic N) is 1. The van der Waals surface area contributed by atoms with Crippen LogP contribution in [0.15, 0.2) is 34.2 Å². The van der Waals surface area contributed by atoms with E-state index in [0.717, 1.165) is 16.6 Å². The van der Waals surface area contributed by atoms with Crippen LogP contribution in [0.5, 0.6) is 0 Å². The fraction of sp³-hybridized carbons (Fsp3) is 0.500. The Morgan fingerprint density at radius 2 is 2.06 bits per heavy atom. The van der Waals surface area contributed by atoms with Gasteiger partial charge in [0.25, 0.3) is 0 Å². The summed E-state index contributed by atoms with van der Waals surface area (Å²) in [5.41, 5.74) is 1.13. The molecule has 1 heterocycles. The van der Waals surface area contributed by atoms with Crippen molar-refractivity contribution in [2.24, 2.45) is 10.9 Å². The maximum Gasteiger partial charge on any atom is 0.161 e. The van der Waals surface area contributed by atoms with E-state index in [1.54, 1.807) is 11.8 Å². The summed E-state index contributed by atoms with van der Waals surface area (Å²) >= 11 is 3.59. The van der Waals surface area contributed by atoms with Crippen molar-refractivity contribution in [3.63, 3.8) is 0 Å². The quantitative estimate of drug-likeness (QED) is 0.834. The van der Waals surface area contributed by atoms with Crippen molar-refractivity contribution < 1.29 is 0 Å². The number of thioether (sulfide) groups is 2. The highest BCUT2D eigenvalue weighted by molar-refractivity contribution is 8.14. The second-order valence-corrected chi connectivity index (χ2v) is 6.70. The van der Waals surface area contributed by atoms with Gasteiger partial charge in [-0.25, -0.2) is 0 Å². The van der Waals surface area contributed by atoms with E-state index in [1.807, 2.05) is 11.8 Å². The van der Waals surface area contributed by atoms with Gasteiger partial charge in [-0.1, -0.05) is 25.6 Å². The first kappa shape index (κ1) is 13.8. The summed E-state index contributed by atoms with van der Waals surface area (Å²) in [6, 6.07) is 8.99. The van der Waals surface area contributed by atoms with Gasteiger partial charge in [0.15, 0.2) is 5.17 Å². The number of amidine groups is 1. The molecule has 0 spiro atoms. The zero-order chi connectivity index (χ0) is 13.0. The lowest BCUT2D eigenvalue weighted by Gasteiger charge is -2.23. The lowest BCUT2D eigenvalue weighted by Crippen LogP contribution is -2.23.